The van der Waals surface area contributed by atoms with E-state index in [1.807, 2.05) is 22.7 Å². The Labute approximate surface area is 297 Å². The van der Waals surface area contributed by atoms with Crippen molar-refractivity contribution < 1.29 is 0 Å². The quantitative estimate of drug-likeness (QED) is 0.164. The molecule has 9 aromatic carbocycles. The third-order valence-electron chi connectivity index (χ3n) is 10.4. The van der Waals surface area contributed by atoms with Crippen LogP contribution in [0.1, 0.15) is 0 Å². The topological polar surface area (TPSA) is 0 Å². The summed E-state index contributed by atoms with van der Waals surface area (Å²) in [6, 6.07) is 63.0. The van der Waals surface area contributed by atoms with Crippen LogP contribution in [0.2, 0.25) is 0 Å². The van der Waals surface area contributed by atoms with Crippen molar-refractivity contribution >= 4 is 95.3 Å². The van der Waals surface area contributed by atoms with Crippen LogP contribution in [-0.2, 0) is 0 Å². The van der Waals surface area contributed by atoms with Gasteiger partial charge in [0.2, 0.25) is 0 Å². The smallest absolute Gasteiger partial charge is 0.0440 e. The fourth-order valence-electron chi connectivity index (χ4n) is 8.25. The van der Waals surface area contributed by atoms with Gasteiger partial charge in [0.05, 0.1) is 0 Å². The second-order valence-corrected chi connectivity index (χ2v) is 15.3. The number of thiophene rings is 2. The number of hydrogen-bond acceptors (Lipinski definition) is 2. The predicted octanol–water partition coefficient (Wildman–Crippen LogP) is 14.9. The molecule has 0 aliphatic rings. The van der Waals surface area contributed by atoms with Crippen molar-refractivity contribution in [3.8, 4) is 33.4 Å². The lowest BCUT2D eigenvalue weighted by atomic mass is 9.86. The lowest BCUT2D eigenvalue weighted by molar-refractivity contribution is 1.66. The molecule has 0 saturated carbocycles. The number of hydrogen-bond donors (Lipinski definition) is 0. The summed E-state index contributed by atoms with van der Waals surface area (Å²) in [5.74, 6) is 0. The van der Waals surface area contributed by atoms with E-state index in [-0.39, 0.29) is 0 Å². The van der Waals surface area contributed by atoms with Crippen LogP contribution in [0.15, 0.2) is 170 Å². The van der Waals surface area contributed by atoms with Gasteiger partial charge >= 0.3 is 0 Å². The minimum absolute atomic E-state index is 1.25. The van der Waals surface area contributed by atoms with Crippen LogP contribution in [0, 0.1) is 0 Å². The van der Waals surface area contributed by atoms with Gasteiger partial charge in [-0.2, -0.15) is 0 Å². The average molecular weight is 669 g/mol. The van der Waals surface area contributed by atoms with E-state index >= 15 is 0 Å². The fourth-order valence-corrected chi connectivity index (χ4v) is 10.7. The van der Waals surface area contributed by atoms with E-state index in [1.165, 1.54) is 106 Å². The second kappa shape index (κ2) is 10.9. The molecule has 50 heavy (non-hydrogen) atoms. The van der Waals surface area contributed by atoms with Crippen LogP contribution in [0.4, 0.5) is 0 Å². The highest BCUT2D eigenvalue weighted by Gasteiger charge is 2.19. The Bertz CT molecular complexity index is 3080. The largest absolute Gasteiger partial charge is 0.135 e. The van der Waals surface area contributed by atoms with E-state index in [0.29, 0.717) is 0 Å². The number of benzene rings is 9. The first-order valence-electron chi connectivity index (χ1n) is 17.1. The van der Waals surface area contributed by atoms with Gasteiger partial charge in [0.1, 0.15) is 0 Å². The molecule has 0 nitrogen and oxygen atoms in total. The average Bonchev–Trinajstić information content (AvgIpc) is 3.73. The molecular formula is C48H28S2. The normalized spacial score (nSPS) is 12.0. The molecule has 0 bridgehead atoms. The second-order valence-electron chi connectivity index (χ2n) is 13.2. The van der Waals surface area contributed by atoms with Gasteiger partial charge in [0.15, 0.2) is 0 Å². The van der Waals surface area contributed by atoms with Gasteiger partial charge in [-0.3, -0.25) is 0 Å². The van der Waals surface area contributed by atoms with E-state index in [4.69, 9.17) is 0 Å². The van der Waals surface area contributed by atoms with Crippen molar-refractivity contribution in [1.82, 2.24) is 0 Å². The predicted molar refractivity (Wildman–Crippen MR) is 221 cm³/mol. The van der Waals surface area contributed by atoms with Gasteiger partial charge in [0, 0.05) is 45.9 Å². The molecule has 0 amide bonds. The Balaban J connectivity index is 1.14. The Morgan fingerprint density at radius 2 is 0.740 bits per heavy atom. The first-order valence-corrected chi connectivity index (χ1v) is 18.7. The van der Waals surface area contributed by atoms with Crippen molar-refractivity contribution in [3.63, 3.8) is 0 Å². The summed E-state index contributed by atoms with van der Waals surface area (Å²) >= 11 is 3.82. The molecule has 11 aromatic rings. The molecule has 232 valence electrons. The molecule has 0 atom stereocenters. The monoisotopic (exact) mass is 668 g/mol. The zero-order valence-corrected chi connectivity index (χ0v) is 28.6. The third-order valence-corrected chi connectivity index (χ3v) is 12.8. The summed E-state index contributed by atoms with van der Waals surface area (Å²) < 4.78 is 5.35. The van der Waals surface area contributed by atoms with E-state index in [0.717, 1.165) is 0 Å². The maximum absolute atomic E-state index is 2.44. The number of fused-ring (bicyclic) bond motifs is 9. The van der Waals surface area contributed by atoms with Crippen LogP contribution in [-0.4, -0.2) is 0 Å². The van der Waals surface area contributed by atoms with Gasteiger partial charge in [0.25, 0.3) is 0 Å². The molecule has 0 unspecified atom stereocenters. The van der Waals surface area contributed by atoms with Crippen molar-refractivity contribution in [2.24, 2.45) is 0 Å². The van der Waals surface area contributed by atoms with Crippen molar-refractivity contribution in [2.75, 3.05) is 0 Å². The lowest BCUT2D eigenvalue weighted by Gasteiger charge is -2.17. The van der Waals surface area contributed by atoms with Crippen molar-refractivity contribution in [2.45, 2.75) is 0 Å². The number of rotatable bonds is 3. The Hall–Kier alpha value is -5.80. The molecule has 0 radical (unpaired) electrons. The van der Waals surface area contributed by atoms with E-state index in [9.17, 15) is 0 Å². The summed E-state index contributed by atoms with van der Waals surface area (Å²) in [5, 5.41) is 13.1. The Morgan fingerprint density at radius 1 is 0.260 bits per heavy atom. The summed E-state index contributed by atoms with van der Waals surface area (Å²) in [5.41, 5.74) is 7.75. The Morgan fingerprint density at radius 3 is 1.38 bits per heavy atom. The summed E-state index contributed by atoms with van der Waals surface area (Å²) in [6.45, 7) is 0. The maximum atomic E-state index is 2.44. The van der Waals surface area contributed by atoms with Crippen LogP contribution >= 0.6 is 22.7 Å². The molecule has 0 spiro atoms. The maximum Gasteiger partial charge on any atom is 0.0440 e. The summed E-state index contributed by atoms with van der Waals surface area (Å²) in [7, 11) is 0. The molecule has 2 heteroatoms. The van der Waals surface area contributed by atoms with Gasteiger partial charge < -0.3 is 0 Å². The molecule has 0 saturated heterocycles. The SMILES string of the molecule is c1ccc(-c2c3ccccc3c(-c3ccc4c(c3)sc3cc(-c5c6ccccc6cc6c5sc5ccccc56)ccc34)c3ccccc23)cc1. The first kappa shape index (κ1) is 28.1. The minimum atomic E-state index is 1.25. The highest BCUT2D eigenvalue weighted by molar-refractivity contribution is 7.26. The fraction of sp³-hybridized carbons (Fsp3) is 0. The highest BCUT2D eigenvalue weighted by Crippen LogP contribution is 2.48. The molecule has 0 fully saturated rings. The lowest BCUT2D eigenvalue weighted by Crippen LogP contribution is -1.90. The molecular weight excluding hydrogens is 641 g/mol. The molecule has 0 aliphatic heterocycles. The van der Waals surface area contributed by atoms with Crippen LogP contribution in [0.25, 0.3) is 106 Å². The minimum Gasteiger partial charge on any atom is -0.135 e. The zero-order chi connectivity index (χ0) is 32.8. The van der Waals surface area contributed by atoms with Crippen molar-refractivity contribution in [1.29, 1.82) is 0 Å². The van der Waals surface area contributed by atoms with Crippen molar-refractivity contribution in [3.05, 3.63) is 170 Å². The highest BCUT2D eigenvalue weighted by atomic mass is 32.1. The summed E-state index contributed by atoms with van der Waals surface area (Å²) in [4.78, 5) is 0. The van der Waals surface area contributed by atoms with Crippen LogP contribution in [0.5, 0.6) is 0 Å². The van der Waals surface area contributed by atoms with Crippen LogP contribution < -0.4 is 0 Å². The molecule has 11 rings (SSSR count). The van der Waals surface area contributed by atoms with Gasteiger partial charge in [-0.1, -0.05) is 146 Å². The van der Waals surface area contributed by atoms with Crippen LogP contribution in [0.3, 0.4) is 0 Å². The standard InChI is InChI=1S/C48H28S2/c1-2-12-29(13-3-1)45-37-17-6-8-19-39(37)46(40-20-9-7-18-38(40)45)31-22-24-35-36-25-23-32(28-44(36)49-43(35)27-31)47-33-15-5-4-14-30(33)26-41-34-16-10-11-21-42(34)50-48(41)47/h1-28H. The van der Waals surface area contributed by atoms with Gasteiger partial charge in [-0.05, 0) is 84.4 Å². The molecule has 0 N–H and O–H groups in total. The molecule has 0 aliphatic carbocycles. The third kappa shape index (κ3) is 4.10. The van der Waals surface area contributed by atoms with Gasteiger partial charge in [-0.25, -0.2) is 0 Å². The van der Waals surface area contributed by atoms with E-state index in [2.05, 4.69) is 170 Å². The Kier molecular flexibility index (Phi) is 6.09. The zero-order valence-electron chi connectivity index (χ0n) is 27.0. The molecule has 2 aromatic heterocycles. The van der Waals surface area contributed by atoms with E-state index < -0.39 is 0 Å². The van der Waals surface area contributed by atoms with Gasteiger partial charge in [-0.15, -0.1) is 22.7 Å². The van der Waals surface area contributed by atoms with E-state index in [1.54, 1.807) is 0 Å². The first-order chi connectivity index (χ1) is 24.8. The summed E-state index contributed by atoms with van der Waals surface area (Å²) in [6.07, 6.45) is 0. The molecule has 2 heterocycles.